The largest absolute Gasteiger partial charge is 0.503 e. The van der Waals surface area contributed by atoms with Gasteiger partial charge in [-0.15, -0.1) is 0 Å². The lowest BCUT2D eigenvalue weighted by atomic mass is 9.97. The molecule has 13 heteroatoms. The maximum absolute atomic E-state index is 13.3. The number of aliphatic carboxylic acids is 1. The number of nitrogens with zero attached hydrogens (tertiary/aromatic N) is 2. The van der Waals surface area contributed by atoms with Crippen LogP contribution in [0.1, 0.15) is 47.1 Å². The van der Waals surface area contributed by atoms with Crippen LogP contribution in [0, 0.1) is 5.82 Å². The van der Waals surface area contributed by atoms with Crippen LogP contribution < -0.4 is 11.2 Å². The number of alkyl halides is 3. The first-order valence-electron chi connectivity index (χ1n) is 9.92. The number of amides is 1. The highest BCUT2D eigenvalue weighted by atomic mass is 35.5. The second-order valence-electron chi connectivity index (χ2n) is 7.68. The average Bonchev–Trinajstić information content (AvgIpc) is 2.74. The number of hydrogen-bond donors (Lipinski definition) is 3. The van der Waals surface area contributed by atoms with Crippen LogP contribution in [0.15, 0.2) is 23.0 Å². The minimum atomic E-state index is -5.08. The molecule has 186 valence electrons. The van der Waals surface area contributed by atoms with Crippen molar-refractivity contribution in [3.63, 3.8) is 0 Å². The van der Waals surface area contributed by atoms with Gasteiger partial charge in [0.2, 0.25) is 5.43 Å². The summed E-state index contributed by atoms with van der Waals surface area (Å²) < 4.78 is 46.7. The van der Waals surface area contributed by atoms with E-state index in [0.717, 1.165) is 0 Å². The highest BCUT2D eigenvalue weighted by molar-refractivity contribution is 6.30. The summed E-state index contributed by atoms with van der Waals surface area (Å²) in [5.74, 6) is -4.44. The number of hydrogen-bond acceptors (Lipinski definition) is 5. The standard InChI is InChI=1S/C19H21ClFN3O3.C2HF3O2/c1-10(2)15-14(8-22)24-6-5-23(19(27)16(24)18(26)17(15)25)9-11-3-4-13(21)12(20)7-11;3-2(4,5)1(6)7/h3-4,7,10,26H,5-6,8-9,22H2,1-2H3;(H,6,7). The molecule has 1 aromatic carbocycles. The lowest BCUT2D eigenvalue weighted by Crippen LogP contribution is -2.43. The molecule has 1 aliphatic rings. The molecular weight excluding hydrogens is 486 g/mol. The number of aromatic nitrogens is 1. The highest BCUT2D eigenvalue weighted by Gasteiger charge is 2.38. The van der Waals surface area contributed by atoms with E-state index < -0.39 is 35.0 Å². The fourth-order valence-electron chi connectivity index (χ4n) is 3.53. The van der Waals surface area contributed by atoms with Gasteiger partial charge in [0.25, 0.3) is 5.91 Å². The van der Waals surface area contributed by atoms with E-state index in [9.17, 15) is 32.3 Å². The van der Waals surface area contributed by atoms with Gasteiger partial charge in [-0.3, -0.25) is 9.59 Å². The van der Waals surface area contributed by atoms with Crippen molar-refractivity contribution in [1.82, 2.24) is 9.47 Å². The van der Waals surface area contributed by atoms with Gasteiger partial charge in [-0.05, 0) is 23.6 Å². The topological polar surface area (TPSA) is 126 Å². The molecule has 1 aromatic heterocycles. The number of carbonyl (C=O) groups is 2. The third-order valence-corrected chi connectivity index (χ3v) is 5.33. The Labute approximate surface area is 196 Å². The van der Waals surface area contributed by atoms with Crippen LogP contribution in [0.2, 0.25) is 5.02 Å². The normalized spacial score (nSPS) is 13.4. The molecular formula is C21H22ClF4N3O5. The molecule has 2 aromatic rings. The summed E-state index contributed by atoms with van der Waals surface area (Å²) >= 11 is 5.80. The molecule has 8 nitrogen and oxygen atoms in total. The lowest BCUT2D eigenvalue weighted by molar-refractivity contribution is -0.192. The van der Waals surface area contributed by atoms with Crippen molar-refractivity contribution in [3.05, 3.63) is 61.8 Å². The third-order valence-electron chi connectivity index (χ3n) is 5.04. The van der Waals surface area contributed by atoms with Crippen LogP contribution in [-0.2, 0) is 24.4 Å². The van der Waals surface area contributed by atoms with E-state index in [1.54, 1.807) is 10.6 Å². The number of halogens is 5. The molecule has 0 atom stereocenters. The number of carbonyl (C=O) groups excluding carboxylic acids is 1. The zero-order valence-corrected chi connectivity index (χ0v) is 18.9. The Morgan fingerprint density at radius 3 is 2.29 bits per heavy atom. The van der Waals surface area contributed by atoms with Gasteiger partial charge < -0.3 is 25.4 Å². The molecule has 1 aliphatic heterocycles. The molecule has 34 heavy (non-hydrogen) atoms. The molecule has 0 fully saturated rings. The Kier molecular flexibility index (Phi) is 8.32. The number of aromatic hydroxyl groups is 1. The molecule has 2 heterocycles. The summed E-state index contributed by atoms with van der Waals surface area (Å²) in [6.45, 7) is 4.74. The second-order valence-corrected chi connectivity index (χ2v) is 8.08. The lowest BCUT2D eigenvalue weighted by Gasteiger charge is -2.33. The van der Waals surface area contributed by atoms with Crippen LogP contribution in [0.5, 0.6) is 5.75 Å². The number of rotatable bonds is 4. The summed E-state index contributed by atoms with van der Waals surface area (Å²) in [5, 5.41) is 17.5. The summed E-state index contributed by atoms with van der Waals surface area (Å²) in [4.78, 5) is 35.9. The SMILES string of the molecule is CC(C)c1c(CN)n2c(c(O)c1=O)C(=O)N(Cc1ccc(F)c(Cl)c1)CC2.O=C(O)C(F)(F)F. The summed E-state index contributed by atoms with van der Waals surface area (Å²) in [6, 6.07) is 4.24. The van der Waals surface area contributed by atoms with Gasteiger partial charge in [-0.25, -0.2) is 9.18 Å². The van der Waals surface area contributed by atoms with Crippen molar-refractivity contribution in [2.45, 2.75) is 45.6 Å². The first-order valence-corrected chi connectivity index (χ1v) is 10.3. The molecule has 1 amide bonds. The van der Waals surface area contributed by atoms with E-state index in [4.69, 9.17) is 27.2 Å². The number of fused-ring (bicyclic) bond motifs is 1. The second kappa shape index (κ2) is 10.4. The molecule has 0 saturated heterocycles. The van der Waals surface area contributed by atoms with Crippen molar-refractivity contribution >= 4 is 23.5 Å². The van der Waals surface area contributed by atoms with E-state index in [1.807, 2.05) is 13.8 Å². The molecule has 0 spiro atoms. The molecule has 0 unspecified atom stereocenters. The molecule has 0 bridgehead atoms. The van der Waals surface area contributed by atoms with E-state index in [0.29, 0.717) is 29.9 Å². The first-order chi connectivity index (χ1) is 15.7. The van der Waals surface area contributed by atoms with Crippen molar-refractivity contribution < 1.29 is 37.4 Å². The Balaban J connectivity index is 0.000000509. The number of benzene rings is 1. The zero-order chi connectivity index (χ0) is 26.0. The minimum absolute atomic E-state index is 0.0246. The van der Waals surface area contributed by atoms with Crippen LogP contribution in [0.25, 0.3) is 0 Å². The smallest absolute Gasteiger partial charge is 0.490 e. The van der Waals surface area contributed by atoms with E-state index >= 15 is 0 Å². The van der Waals surface area contributed by atoms with Gasteiger partial charge in [0.05, 0.1) is 5.02 Å². The molecule has 3 rings (SSSR count). The summed E-state index contributed by atoms with van der Waals surface area (Å²) in [6.07, 6.45) is -5.08. The number of nitrogens with two attached hydrogens (primary N) is 1. The fraction of sp³-hybridized carbons (Fsp3) is 0.381. The van der Waals surface area contributed by atoms with Crippen LogP contribution >= 0.6 is 11.6 Å². The van der Waals surface area contributed by atoms with Gasteiger partial charge in [0.15, 0.2) is 11.4 Å². The Morgan fingerprint density at radius 1 is 1.24 bits per heavy atom. The highest BCUT2D eigenvalue weighted by Crippen LogP contribution is 2.28. The zero-order valence-electron chi connectivity index (χ0n) is 18.1. The van der Waals surface area contributed by atoms with Crippen LogP contribution in [-0.4, -0.2) is 44.3 Å². The molecule has 0 aliphatic carbocycles. The van der Waals surface area contributed by atoms with Crippen molar-refractivity contribution in [2.24, 2.45) is 5.73 Å². The monoisotopic (exact) mass is 507 g/mol. The van der Waals surface area contributed by atoms with Gasteiger partial charge in [-0.2, -0.15) is 13.2 Å². The Bertz CT molecular complexity index is 1160. The third kappa shape index (κ3) is 5.68. The Hall–Kier alpha value is -3.12. The minimum Gasteiger partial charge on any atom is -0.503 e. The van der Waals surface area contributed by atoms with Gasteiger partial charge in [-0.1, -0.05) is 31.5 Å². The number of pyridine rings is 1. The average molecular weight is 508 g/mol. The number of carboxylic acids is 1. The van der Waals surface area contributed by atoms with Crippen molar-refractivity contribution in [1.29, 1.82) is 0 Å². The van der Waals surface area contributed by atoms with E-state index in [-0.39, 0.29) is 29.7 Å². The van der Waals surface area contributed by atoms with Crippen LogP contribution in [0.3, 0.4) is 0 Å². The van der Waals surface area contributed by atoms with E-state index in [2.05, 4.69) is 0 Å². The summed E-state index contributed by atoms with van der Waals surface area (Å²) in [7, 11) is 0. The number of carboxylic acid groups (broad SMARTS) is 1. The predicted molar refractivity (Wildman–Crippen MR) is 114 cm³/mol. The maximum Gasteiger partial charge on any atom is 0.490 e. The van der Waals surface area contributed by atoms with Crippen molar-refractivity contribution in [3.8, 4) is 5.75 Å². The molecule has 4 N–H and O–H groups in total. The maximum atomic E-state index is 13.3. The van der Waals surface area contributed by atoms with E-state index in [1.165, 1.54) is 17.0 Å². The quantitative estimate of drug-likeness (QED) is 0.546. The van der Waals surface area contributed by atoms with Gasteiger partial charge in [0.1, 0.15) is 5.82 Å². The van der Waals surface area contributed by atoms with Crippen molar-refractivity contribution in [2.75, 3.05) is 6.54 Å². The fourth-order valence-corrected chi connectivity index (χ4v) is 3.74. The van der Waals surface area contributed by atoms with Gasteiger partial charge in [0, 0.05) is 37.4 Å². The predicted octanol–water partition coefficient (Wildman–Crippen LogP) is 3.22. The van der Waals surface area contributed by atoms with Gasteiger partial charge >= 0.3 is 12.1 Å². The summed E-state index contributed by atoms with van der Waals surface area (Å²) in [5.41, 5.74) is 6.90. The molecule has 0 saturated carbocycles. The first kappa shape index (κ1) is 27.1. The van der Waals surface area contributed by atoms with Crippen LogP contribution in [0.4, 0.5) is 17.6 Å². The molecule has 0 radical (unpaired) electrons. The Morgan fingerprint density at radius 2 is 1.82 bits per heavy atom.